The molecule has 94 valence electrons. The Bertz CT molecular complexity index is 518. The van der Waals surface area contributed by atoms with Crippen molar-refractivity contribution in [3.8, 4) is 6.01 Å². The van der Waals surface area contributed by atoms with E-state index in [0.717, 1.165) is 10.6 Å². The van der Waals surface area contributed by atoms with Gasteiger partial charge in [-0.2, -0.15) is 9.97 Å². The van der Waals surface area contributed by atoms with Crippen LogP contribution in [-0.4, -0.2) is 29.1 Å². The Morgan fingerprint density at radius 3 is 2.61 bits per heavy atom. The second-order valence-electron chi connectivity index (χ2n) is 3.75. The lowest BCUT2D eigenvalue weighted by atomic mass is 10.2. The lowest BCUT2D eigenvalue weighted by Crippen LogP contribution is -2.19. The van der Waals surface area contributed by atoms with Gasteiger partial charge in [0.25, 0.3) is 0 Å². The molecule has 0 unspecified atom stereocenters. The van der Waals surface area contributed by atoms with E-state index in [1.54, 1.807) is 0 Å². The Balaban J connectivity index is 2.11. The first-order chi connectivity index (χ1) is 8.69. The van der Waals surface area contributed by atoms with Crippen LogP contribution >= 0.6 is 11.6 Å². The molecule has 0 amide bonds. The zero-order chi connectivity index (χ0) is 13.0. The first kappa shape index (κ1) is 12.6. The highest BCUT2D eigenvalue weighted by atomic mass is 35.5. The largest absolute Gasteiger partial charge is 0.467 e. The Kier molecular flexibility index (Phi) is 3.94. The molecule has 0 radical (unpaired) electrons. The summed E-state index contributed by atoms with van der Waals surface area (Å²) in [5.41, 5.74) is 1.13. The van der Waals surface area contributed by atoms with Crippen molar-refractivity contribution >= 4 is 17.5 Å². The van der Waals surface area contributed by atoms with E-state index in [0.29, 0.717) is 18.5 Å². The fraction of sp³-hybridized carbons (Fsp3) is 0.250. The summed E-state index contributed by atoms with van der Waals surface area (Å²) in [7, 11) is 3.43. The van der Waals surface area contributed by atoms with Gasteiger partial charge in [-0.05, 0) is 17.7 Å². The first-order valence-corrected chi connectivity index (χ1v) is 5.75. The highest BCUT2D eigenvalue weighted by Crippen LogP contribution is 2.14. The van der Waals surface area contributed by atoms with Crippen LogP contribution in [-0.2, 0) is 6.54 Å². The zero-order valence-electron chi connectivity index (χ0n) is 10.2. The summed E-state index contributed by atoms with van der Waals surface area (Å²) in [6.45, 7) is 0.685. The number of hydrogen-bond donors (Lipinski definition) is 0. The van der Waals surface area contributed by atoms with Gasteiger partial charge >= 0.3 is 6.01 Å². The molecule has 2 aromatic rings. The minimum Gasteiger partial charge on any atom is -0.467 e. The number of halogens is 1. The summed E-state index contributed by atoms with van der Waals surface area (Å²) < 4.78 is 4.96. The zero-order valence-corrected chi connectivity index (χ0v) is 10.9. The topological polar surface area (TPSA) is 51.1 Å². The lowest BCUT2D eigenvalue weighted by Gasteiger charge is -2.16. The molecule has 0 aliphatic heterocycles. The molecule has 6 heteroatoms. The molecule has 1 heterocycles. The van der Waals surface area contributed by atoms with Crippen molar-refractivity contribution in [2.24, 2.45) is 0 Å². The van der Waals surface area contributed by atoms with Crippen LogP contribution in [0.25, 0.3) is 0 Å². The maximum absolute atomic E-state index is 5.84. The summed E-state index contributed by atoms with van der Waals surface area (Å²) in [6.07, 6.45) is 1.43. The van der Waals surface area contributed by atoms with Crippen LogP contribution in [0.4, 0.5) is 5.95 Å². The quantitative estimate of drug-likeness (QED) is 0.847. The van der Waals surface area contributed by atoms with Crippen molar-refractivity contribution in [1.82, 2.24) is 15.0 Å². The third kappa shape index (κ3) is 3.07. The van der Waals surface area contributed by atoms with Gasteiger partial charge in [-0.15, -0.1) is 0 Å². The predicted molar refractivity (Wildman–Crippen MR) is 69.9 cm³/mol. The molecule has 0 saturated carbocycles. The van der Waals surface area contributed by atoms with Gasteiger partial charge in [0.05, 0.1) is 7.11 Å². The highest BCUT2D eigenvalue weighted by Gasteiger charge is 2.07. The van der Waals surface area contributed by atoms with E-state index in [-0.39, 0.29) is 0 Å². The molecule has 1 aromatic heterocycles. The van der Waals surface area contributed by atoms with Crippen molar-refractivity contribution in [3.63, 3.8) is 0 Å². The van der Waals surface area contributed by atoms with E-state index in [1.165, 1.54) is 13.4 Å². The molecule has 2 rings (SSSR count). The third-order valence-corrected chi connectivity index (χ3v) is 2.65. The van der Waals surface area contributed by atoms with E-state index in [4.69, 9.17) is 16.3 Å². The minimum absolute atomic E-state index is 0.308. The van der Waals surface area contributed by atoms with Crippen molar-refractivity contribution < 1.29 is 4.74 Å². The summed E-state index contributed by atoms with van der Waals surface area (Å²) in [6, 6.07) is 7.97. The molecule has 0 spiro atoms. The normalized spacial score (nSPS) is 10.2. The number of benzene rings is 1. The standard InChI is InChI=1S/C12H13ClN4O/c1-17(7-9-3-5-10(13)6-4-9)11-14-8-15-12(16-11)18-2/h3-6,8H,7H2,1-2H3. The number of methoxy groups -OCH3 is 1. The number of rotatable bonds is 4. The van der Waals surface area contributed by atoms with E-state index in [2.05, 4.69) is 15.0 Å². The summed E-state index contributed by atoms with van der Waals surface area (Å²) >= 11 is 5.84. The molecular weight excluding hydrogens is 252 g/mol. The van der Waals surface area contributed by atoms with E-state index < -0.39 is 0 Å². The SMILES string of the molecule is COc1ncnc(N(C)Cc2ccc(Cl)cc2)n1. The fourth-order valence-electron chi connectivity index (χ4n) is 1.49. The van der Waals surface area contributed by atoms with Gasteiger partial charge < -0.3 is 9.64 Å². The summed E-state index contributed by atoms with van der Waals surface area (Å²) in [5, 5.41) is 0.725. The average Bonchev–Trinajstić information content (AvgIpc) is 2.41. The minimum atomic E-state index is 0.308. The fourth-order valence-corrected chi connectivity index (χ4v) is 1.62. The van der Waals surface area contributed by atoms with Crippen molar-refractivity contribution in [2.75, 3.05) is 19.1 Å². The number of anilines is 1. The van der Waals surface area contributed by atoms with Crippen LogP contribution in [0.1, 0.15) is 5.56 Å². The second kappa shape index (κ2) is 5.64. The Morgan fingerprint density at radius 1 is 1.22 bits per heavy atom. The third-order valence-electron chi connectivity index (χ3n) is 2.39. The number of ether oxygens (including phenoxy) is 1. The van der Waals surface area contributed by atoms with E-state index in [9.17, 15) is 0 Å². The van der Waals surface area contributed by atoms with Crippen LogP contribution in [0.15, 0.2) is 30.6 Å². The second-order valence-corrected chi connectivity index (χ2v) is 4.19. The van der Waals surface area contributed by atoms with Gasteiger partial charge in [-0.3, -0.25) is 0 Å². The van der Waals surface area contributed by atoms with Crippen molar-refractivity contribution in [1.29, 1.82) is 0 Å². The molecule has 5 nitrogen and oxygen atoms in total. The Morgan fingerprint density at radius 2 is 1.94 bits per heavy atom. The molecular formula is C12H13ClN4O. The maximum Gasteiger partial charge on any atom is 0.320 e. The smallest absolute Gasteiger partial charge is 0.320 e. The molecule has 0 N–H and O–H groups in total. The van der Waals surface area contributed by atoms with Crippen LogP contribution in [0, 0.1) is 0 Å². The monoisotopic (exact) mass is 264 g/mol. The molecule has 0 aliphatic carbocycles. The number of hydrogen-bond acceptors (Lipinski definition) is 5. The predicted octanol–water partition coefficient (Wildman–Crippen LogP) is 2.17. The molecule has 0 saturated heterocycles. The van der Waals surface area contributed by atoms with Crippen LogP contribution in [0.3, 0.4) is 0 Å². The van der Waals surface area contributed by atoms with Crippen LogP contribution in [0.2, 0.25) is 5.02 Å². The molecule has 1 aromatic carbocycles. The van der Waals surface area contributed by atoms with Crippen LogP contribution in [0.5, 0.6) is 6.01 Å². The van der Waals surface area contributed by atoms with Gasteiger partial charge in [0, 0.05) is 18.6 Å². The number of aromatic nitrogens is 3. The maximum atomic E-state index is 5.84. The summed E-state index contributed by atoms with van der Waals surface area (Å²) in [4.78, 5) is 14.0. The molecule has 0 bridgehead atoms. The van der Waals surface area contributed by atoms with Crippen molar-refractivity contribution in [2.45, 2.75) is 6.54 Å². The molecule has 0 atom stereocenters. The molecule has 0 fully saturated rings. The van der Waals surface area contributed by atoms with Crippen LogP contribution < -0.4 is 9.64 Å². The highest BCUT2D eigenvalue weighted by molar-refractivity contribution is 6.30. The Labute approximate surface area is 110 Å². The lowest BCUT2D eigenvalue weighted by molar-refractivity contribution is 0.378. The average molecular weight is 265 g/mol. The summed E-state index contributed by atoms with van der Waals surface area (Å²) in [5.74, 6) is 0.566. The first-order valence-electron chi connectivity index (χ1n) is 5.37. The molecule has 18 heavy (non-hydrogen) atoms. The Hall–Kier alpha value is -1.88. The molecule has 0 aliphatic rings. The van der Waals surface area contributed by atoms with Gasteiger partial charge in [0.2, 0.25) is 5.95 Å². The van der Waals surface area contributed by atoms with Gasteiger partial charge in [0.1, 0.15) is 6.33 Å². The van der Waals surface area contributed by atoms with E-state index in [1.807, 2.05) is 36.2 Å². The van der Waals surface area contributed by atoms with E-state index >= 15 is 0 Å². The number of nitrogens with zero attached hydrogens (tertiary/aromatic N) is 4. The van der Waals surface area contributed by atoms with Crippen molar-refractivity contribution in [3.05, 3.63) is 41.2 Å². The van der Waals surface area contributed by atoms with Gasteiger partial charge in [-0.25, -0.2) is 4.98 Å². The van der Waals surface area contributed by atoms with Gasteiger partial charge in [-0.1, -0.05) is 23.7 Å². The van der Waals surface area contributed by atoms with Gasteiger partial charge in [0.15, 0.2) is 0 Å².